The molecular weight excluding hydrogens is 409 g/mol. The number of halogens is 1. The number of alkyl halides is 1. The molecule has 0 saturated heterocycles. The van der Waals surface area contributed by atoms with E-state index in [0.717, 1.165) is 41.5 Å². The lowest BCUT2D eigenvalue weighted by atomic mass is 9.95. The molecule has 1 aliphatic heterocycles. The molecule has 3 N–H and O–H groups in total. The number of hydrogen-bond acceptors (Lipinski definition) is 4. The zero-order valence-electron chi connectivity index (χ0n) is 16.7. The van der Waals surface area contributed by atoms with Gasteiger partial charge in [0.2, 0.25) is 5.88 Å². The molecule has 8 nitrogen and oxygen atoms in total. The van der Waals surface area contributed by atoms with Gasteiger partial charge in [-0.1, -0.05) is 13.0 Å². The van der Waals surface area contributed by atoms with Crippen LogP contribution in [0.15, 0.2) is 21.5 Å². The smallest absolute Gasteiger partial charge is 0.354 e. The van der Waals surface area contributed by atoms with Crippen LogP contribution in [0.25, 0.3) is 0 Å². The number of aromatic nitrogens is 2. The van der Waals surface area contributed by atoms with Crippen molar-refractivity contribution in [1.82, 2.24) is 9.78 Å². The number of ether oxygens (including phenoxy) is 1. The summed E-state index contributed by atoms with van der Waals surface area (Å²) in [6.07, 6.45) is 3.65. The summed E-state index contributed by atoms with van der Waals surface area (Å²) in [4.78, 5) is 12.9. The highest BCUT2D eigenvalue weighted by Crippen LogP contribution is 2.44. The Labute approximate surface area is 174 Å². The Morgan fingerprint density at radius 3 is 3.10 bits per heavy atom. The summed E-state index contributed by atoms with van der Waals surface area (Å²) in [5, 5.41) is 12.9. The highest BCUT2D eigenvalue weighted by molar-refractivity contribution is 7.91. The van der Waals surface area contributed by atoms with E-state index in [0.29, 0.717) is 31.1 Å². The molecule has 0 fully saturated rings. The average molecular weight is 434 g/mol. The number of urea groups is 1. The highest BCUT2D eigenvalue weighted by atomic mass is 32.2. The summed E-state index contributed by atoms with van der Waals surface area (Å²) in [6, 6.07) is 1.26. The molecule has 0 saturated carbocycles. The average Bonchev–Trinajstić information content (AvgIpc) is 3.37. The fourth-order valence-corrected chi connectivity index (χ4v) is 5.79. The molecule has 0 bridgehead atoms. The zero-order chi connectivity index (χ0) is 21.0. The van der Waals surface area contributed by atoms with Crippen LogP contribution in [0.5, 0.6) is 5.88 Å². The molecule has 10 heteroatoms. The van der Waals surface area contributed by atoms with E-state index in [-0.39, 0.29) is 17.2 Å². The van der Waals surface area contributed by atoms with Gasteiger partial charge in [0.05, 0.1) is 12.8 Å². The Bertz CT molecular complexity index is 1170. The van der Waals surface area contributed by atoms with Crippen LogP contribution in [0.4, 0.5) is 14.9 Å². The fraction of sp³-hybridized carbons (Fsp3) is 0.500. The number of carbonyl (C=O) groups excluding carboxylic acids is 1. The normalized spacial score (nSPS) is 23.7. The van der Waals surface area contributed by atoms with Crippen LogP contribution in [-0.2, 0) is 35.7 Å². The number of nitrogens with two attached hydrogens (primary N) is 1. The number of nitrogens with one attached hydrogen (secondary N) is 1. The molecule has 0 spiro atoms. The van der Waals surface area contributed by atoms with Gasteiger partial charge in [0.15, 0.2) is 9.92 Å². The third-order valence-electron chi connectivity index (χ3n) is 6.14. The standard InChI is InChI=1S/C20H24FN5O3S/c1-11-3-4-12-7-13-8-14(21)9-15(13)18(17(11)12)24-20(27)25-30(22,28)16-10-23-26-5-2-6-29-19(16)26/h7,10-11,14H,2-6,8-9H2,1H3,(H3,22,24,25,27,28)/t11-,14-,30?/m0/s1. The number of rotatable bonds is 2. The molecule has 1 unspecified atom stereocenters. The van der Waals surface area contributed by atoms with Crippen molar-refractivity contribution < 1.29 is 18.1 Å². The molecule has 160 valence electrons. The number of nitrogens with zero attached hydrogens (tertiary/aromatic N) is 3. The number of benzene rings is 1. The van der Waals surface area contributed by atoms with Crippen LogP contribution < -0.4 is 15.2 Å². The first-order valence-electron chi connectivity index (χ1n) is 10.2. The lowest BCUT2D eigenvalue weighted by molar-refractivity contribution is 0.224. The summed E-state index contributed by atoms with van der Waals surface area (Å²) >= 11 is 0. The number of aryl methyl sites for hydroxylation is 2. The maximum atomic E-state index is 14.1. The minimum absolute atomic E-state index is 0.109. The van der Waals surface area contributed by atoms with Crippen LogP contribution in [0.1, 0.15) is 47.9 Å². The summed E-state index contributed by atoms with van der Waals surface area (Å²) in [5.41, 5.74) is 4.52. The molecule has 3 atom stereocenters. The molecule has 3 aliphatic rings. The molecule has 2 aromatic rings. The first-order chi connectivity index (χ1) is 14.3. The van der Waals surface area contributed by atoms with E-state index in [9.17, 15) is 13.4 Å². The van der Waals surface area contributed by atoms with Crippen LogP contribution in [0.2, 0.25) is 0 Å². The van der Waals surface area contributed by atoms with E-state index in [1.165, 1.54) is 6.20 Å². The van der Waals surface area contributed by atoms with Gasteiger partial charge in [0.1, 0.15) is 11.1 Å². The Morgan fingerprint density at radius 1 is 1.43 bits per heavy atom. The Kier molecular flexibility index (Phi) is 4.59. The second-order valence-corrected chi connectivity index (χ2v) is 10.00. The summed E-state index contributed by atoms with van der Waals surface area (Å²) in [7, 11) is -3.55. The molecule has 2 aliphatic carbocycles. The van der Waals surface area contributed by atoms with Crippen LogP contribution in [-0.4, -0.2) is 32.8 Å². The van der Waals surface area contributed by atoms with E-state index < -0.39 is 22.1 Å². The number of amides is 2. The Balaban J connectivity index is 1.51. The first-order valence-corrected chi connectivity index (χ1v) is 11.8. The van der Waals surface area contributed by atoms with Crippen molar-refractivity contribution in [3.8, 4) is 5.88 Å². The maximum Gasteiger partial charge on any atom is 0.354 e. The number of fused-ring (bicyclic) bond motifs is 3. The second kappa shape index (κ2) is 7.05. The third kappa shape index (κ3) is 3.18. The van der Waals surface area contributed by atoms with E-state index >= 15 is 0 Å². The zero-order valence-corrected chi connectivity index (χ0v) is 17.5. The summed E-state index contributed by atoms with van der Waals surface area (Å²) in [5.74, 6) is 0.540. The largest absolute Gasteiger partial charge is 0.477 e. The first kappa shape index (κ1) is 19.5. The van der Waals surface area contributed by atoms with Crippen molar-refractivity contribution in [2.75, 3.05) is 11.9 Å². The monoisotopic (exact) mass is 433 g/mol. The lowest BCUT2D eigenvalue weighted by Crippen LogP contribution is -2.21. The highest BCUT2D eigenvalue weighted by Gasteiger charge is 2.32. The Hall–Kier alpha value is -2.46. The van der Waals surface area contributed by atoms with Crippen molar-refractivity contribution in [2.24, 2.45) is 9.50 Å². The lowest BCUT2D eigenvalue weighted by Gasteiger charge is -2.18. The van der Waals surface area contributed by atoms with Crippen LogP contribution >= 0.6 is 0 Å². The van der Waals surface area contributed by atoms with Crippen molar-refractivity contribution in [2.45, 2.75) is 62.6 Å². The predicted molar refractivity (Wildman–Crippen MR) is 110 cm³/mol. The molecule has 1 aromatic carbocycles. The topological polar surface area (TPSA) is 112 Å². The van der Waals surface area contributed by atoms with Crippen molar-refractivity contribution >= 4 is 21.6 Å². The van der Waals surface area contributed by atoms with Crippen LogP contribution in [0, 0.1) is 0 Å². The van der Waals surface area contributed by atoms with Crippen molar-refractivity contribution in [3.05, 3.63) is 34.5 Å². The minimum Gasteiger partial charge on any atom is -0.477 e. The van der Waals surface area contributed by atoms with E-state index in [1.807, 2.05) is 0 Å². The molecule has 2 amide bonds. The van der Waals surface area contributed by atoms with E-state index in [1.54, 1.807) is 4.68 Å². The molecular formula is C20H24FN5O3S. The van der Waals surface area contributed by atoms with Crippen LogP contribution in [0.3, 0.4) is 0 Å². The van der Waals surface area contributed by atoms with Gasteiger partial charge in [0, 0.05) is 31.5 Å². The van der Waals surface area contributed by atoms with Crippen molar-refractivity contribution in [3.63, 3.8) is 0 Å². The third-order valence-corrected chi connectivity index (χ3v) is 7.49. The van der Waals surface area contributed by atoms with Gasteiger partial charge in [-0.3, -0.25) is 0 Å². The Morgan fingerprint density at radius 2 is 2.27 bits per heavy atom. The van der Waals surface area contributed by atoms with E-state index in [2.05, 4.69) is 27.8 Å². The number of carbonyl (C=O) groups is 1. The predicted octanol–water partition coefficient (Wildman–Crippen LogP) is 3.08. The maximum absolute atomic E-state index is 14.1. The molecule has 2 heterocycles. The minimum atomic E-state index is -3.55. The van der Waals surface area contributed by atoms with Gasteiger partial charge < -0.3 is 10.1 Å². The fourth-order valence-electron chi connectivity index (χ4n) is 4.78. The molecule has 0 radical (unpaired) electrons. The molecule has 30 heavy (non-hydrogen) atoms. The van der Waals surface area contributed by atoms with Gasteiger partial charge in [-0.05, 0) is 41.0 Å². The number of hydrogen-bond donors (Lipinski definition) is 2. The van der Waals surface area contributed by atoms with Gasteiger partial charge in [-0.2, -0.15) is 5.10 Å². The van der Waals surface area contributed by atoms with Gasteiger partial charge in [-0.25, -0.2) is 23.2 Å². The summed E-state index contributed by atoms with van der Waals surface area (Å²) < 4.78 is 38.1. The second-order valence-electron chi connectivity index (χ2n) is 8.24. The van der Waals surface area contributed by atoms with Gasteiger partial charge in [0.25, 0.3) is 0 Å². The quantitative estimate of drug-likeness (QED) is 0.758. The molecule has 1 aromatic heterocycles. The summed E-state index contributed by atoms with van der Waals surface area (Å²) in [6.45, 7) is 3.18. The van der Waals surface area contributed by atoms with Crippen molar-refractivity contribution in [1.29, 1.82) is 0 Å². The molecule has 5 rings (SSSR count). The number of anilines is 1. The SMILES string of the molecule is C[C@H]1CCc2cc3c(c(NC(=O)N=S(N)(=O)c4cnn5c4OCCC5)c21)C[C@@H](F)C3. The van der Waals surface area contributed by atoms with E-state index in [4.69, 9.17) is 9.88 Å². The van der Waals surface area contributed by atoms with Gasteiger partial charge >= 0.3 is 6.03 Å². The van der Waals surface area contributed by atoms with Gasteiger partial charge in [-0.15, -0.1) is 4.36 Å².